The largest absolute Gasteiger partial charge is 0.379 e. The smallest absolute Gasteiger partial charge is 0.373 e. The number of benzene rings is 1. The lowest BCUT2D eigenvalue weighted by Gasteiger charge is -2.17. The first-order valence-electron chi connectivity index (χ1n) is 7.90. The molecule has 0 saturated heterocycles. The molecule has 0 aromatic heterocycles. The molecular formula is C18H28O4. The zero-order chi connectivity index (χ0) is 16.7. The third-order valence-corrected chi connectivity index (χ3v) is 4.29. The third kappa shape index (κ3) is 4.55. The van der Waals surface area contributed by atoms with Crippen molar-refractivity contribution in [3.05, 3.63) is 33.4 Å². The lowest BCUT2D eigenvalue weighted by molar-refractivity contribution is -0.247. The highest BCUT2D eigenvalue weighted by molar-refractivity contribution is 5.93. The molecule has 0 fully saturated rings. The number of rotatable bonds is 8. The van der Waals surface area contributed by atoms with Crippen LogP contribution in [0.1, 0.15) is 57.9 Å². The number of hydrogen-bond donors (Lipinski definition) is 0. The van der Waals surface area contributed by atoms with Crippen LogP contribution >= 0.6 is 0 Å². The highest BCUT2D eigenvalue weighted by Crippen LogP contribution is 2.26. The van der Waals surface area contributed by atoms with Gasteiger partial charge in [0.1, 0.15) is 6.61 Å². The first kappa shape index (κ1) is 18.7. The number of hydrogen-bond acceptors (Lipinski definition) is 4. The van der Waals surface area contributed by atoms with Gasteiger partial charge in [0.25, 0.3) is 0 Å². The van der Waals surface area contributed by atoms with Crippen molar-refractivity contribution in [2.24, 2.45) is 0 Å². The minimum atomic E-state index is -0.435. The van der Waals surface area contributed by atoms with Gasteiger partial charge in [-0.1, -0.05) is 13.3 Å². The summed E-state index contributed by atoms with van der Waals surface area (Å²) in [6, 6.07) is 0. The normalized spacial score (nSPS) is 10.8. The van der Waals surface area contributed by atoms with Gasteiger partial charge in [0.05, 0.1) is 12.2 Å². The monoisotopic (exact) mass is 308 g/mol. The lowest BCUT2D eigenvalue weighted by atomic mass is 9.90. The van der Waals surface area contributed by atoms with Gasteiger partial charge < -0.3 is 4.74 Å². The summed E-state index contributed by atoms with van der Waals surface area (Å²) in [6.07, 6.45) is 2.13. The summed E-state index contributed by atoms with van der Waals surface area (Å²) in [5, 5.41) is 0. The lowest BCUT2D eigenvalue weighted by Crippen LogP contribution is -2.15. The van der Waals surface area contributed by atoms with Gasteiger partial charge in [0, 0.05) is 6.61 Å². The molecule has 1 aromatic rings. The minimum Gasteiger partial charge on any atom is -0.379 e. The Balaban J connectivity index is 2.60. The summed E-state index contributed by atoms with van der Waals surface area (Å²) in [7, 11) is 0. The molecule has 0 N–H and O–H groups in total. The first-order valence-corrected chi connectivity index (χ1v) is 7.90. The fourth-order valence-corrected chi connectivity index (χ4v) is 2.38. The van der Waals surface area contributed by atoms with E-state index in [1.54, 1.807) is 0 Å². The molecule has 0 aliphatic rings. The second kappa shape index (κ2) is 8.91. The van der Waals surface area contributed by atoms with E-state index >= 15 is 0 Å². The second-order valence-electron chi connectivity index (χ2n) is 5.66. The topological polar surface area (TPSA) is 44.8 Å². The molecule has 1 rings (SSSR count). The van der Waals surface area contributed by atoms with E-state index in [0.717, 1.165) is 35.1 Å². The SMILES string of the molecule is CCCCOCCOOC(=O)c1c(C)c(C)c(C)c(C)c1C. The molecule has 0 radical (unpaired) electrons. The molecule has 0 unspecified atom stereocenters. The Bertz CT molecular complexity index is 491. The molecular weight excluding hydrogens is 280 g/mol. The van der Waals surface area contributed by atoms with E-state index in [1.807, 2.05) is 27.7 Å². The van der Waals surface area contributed by atoms with Crippen LogP contribution in [-0.4, -0.2) is 25.8 Å². The molecule has 0 heterocycles. The molecule has 0 amide bonds. The Hall–Kier alpha value is -1.39. The van der Waals surface area contributed by atoms with E-state index in [2.05, 4.69) is 13.8 Å². The summed E-state index contributed by atoms with van der Waals surface area (Å²) in [6.45, 7) is 13.5. The van der Waals surface area contributed by atoms with Gasteiger partial charge in [-0.15, -0.1) is 0 Å². The summed E-state index contributed by atoms with van der Waals surface area (Å²) in [4.78, 5) is 22.2. The van der Waals surface area contributed by atoms with Crippen LogP contribution in [0.3, 0.4) is 0 Å². The fourth-order valence-electron chi connectivity index (χ4n) is 2.38. The van der Waals surface area contributed by atoms with Crippen molar-refractivity contribution in [3.8, 4) is 0 Å². The molecule has 0 aliphatic heterocycles. The summed E-state index contributed by atoms with van der Waals surface area (Å²) >= 11 is 0. The highest BCUT2D eigenvalue weighted by Gasteiger charge is 2.20. The van der Waals surface area contributed by atoms with Gasteiger partial charge in [-0.3, -0.25) is 4.89 Å². The van der Waals surface area contributed by atoms with Gasteiger partial charge in [-0.25, -0.2) is 4.79 Å². The standard InChI is InChI=1S/C18H28O4/c1-7-8-9-20-10-11-21-22-18(19)17-15(5)13(3)12(2)14(4)16(17)6/h7-11H2,1-6H3. The average molecular weight is 308 g/mol. The van der Waals surface area contributed by atoms with Gasteiger partial charge in [-0.2, -0.15) is 4.89 Å². The quantitative estimate of drug-likeness (QED) is 0.411. The first-order chi connectivity index (χ1) is 10.4. The maximum absolute atomic E-state index is 12.2. The van der Waals surface area contributed by atoms with Crippen molar-refractivity contribution in [3.63, 3.8) is 0 Å². The van der Waals surface area contributed by atoms with E-state index in [0.29, 0.717) is 18.8 Å². The predicted molar refractivity (Wildman–Crippen MR) is 87.2 cm³/mol. The van der Waals surface area contributed by atoms with Gasteiger partial charge in [0.15, 0.2) is 0 Å². The van der Waals surface area contributed by atoms with Crippen molar-refractivity contribution in [2.45, 2.75) is 54.4 Å². The van der Waals surface area contributed by atoms with Crippen molar-refractivity contribution in [1.29, 1.82) is 0 Å². The minimum absolute atomic E-state index is 0.247. The van der Waals surface area contributed by atoms with Gasteiger partial charge in [-0.05, 0) is 68.9 Å². The molecule has 4 nitrogen and oxygen atoms in total. The molecule has 1 aromatic carbocycles. The Morgan fingerprint density at radius 2 is 1.36 bits per heavy atom. The zero-order valence-corrected chi connectivity index (χ0v) is 14.7. The maximum atomic E-state index is 12.2. The molecule has 22 heavy (non-hydrogen) atoms. The molecule has 0 aliphatic carbocycles. The van der Waals surface area contributed by atoms with Crippen LogP contribution in [0.15, 0.2) is 0 Å². The average Bonchev–Trinajstić information content (AvgIpc) is 2.50. The fraction of sp³-hybridized carbons (Fsp3) is 0.611. The van der Waals surface area contributed by atoms with Crippen molar-refractivity contribution < 1.29 is 19.3 Å². The van der Waals surface area contributed by atoms with Crippen LogP contribution in [0.5, 0.6) is 0 Å². The Morgan fingerprint density at radius 3 is 1.91 bits per heavy atom. The van der Waals surface area contributed by atoms with E-state index in [9.17, 15) is 4.79 Å². The summed E-state index contributed by atoms with van der Waals surface area (Å²) in [5.41, 5.74) is 5.97. The van der Waals surface area contributed by atoms with E-state index in [1.165, 1.54) is 5.56 Å². The molecule has 0 atom stereocenters. The Kier molecular flexibility index (Phi) is 7.56. The highest BCUT2D eigenvalue weighted by atomic mass is 17.2. The molecule has 0 spiro atoms. The Labute approximate surface area is 133 Å². The second-order valence-corrected chi connectivity index (χ2v) is 5.66. The third-order valence-electron chi connectivity index (χ3n) is 4.29. The van der Waals surface area contributed by atoms with Gasteiger partial charge in [0.2, 0.25) is 0 Å². The number of carbonyl (C=O) groups is 1. The summed E-state index contributed by atoms with van der Waals surface area (Å²) < 4.78 is 5.35. The van der Waals surface area contributed by atoms with E-state index in [-0.39, 0.29) is 6.61 Å². The van der Waals surface area contributed by atoms with E-state index in [4.69, 9.17) is 14.5 Å². The molecule has 124 valence electrons. The van der Waals surface area contributed by atoms with Crippen LogP contribution in [0.25, 0.3) is 0 Å². The van der Waals surface area contributed by atoms with Crippen molar-refractivity contribution in [2.75, 3.05) is 19.8 Å². The molecule has 0 bridgehead atoms. The summed E-state index contributed by atoms with van der Waals surface area (Å²) in [5.74, 6) is -0.435. The van der Waals surface area contributed by atoms with Crippen LogP contribution in [0.4, 0.5) is 0 Å². The van der Waals surface area contributed by atoms with Crippen LogP contribution in [0.2, 0.25) is 0 Å². The van der Waals surface area contributed by atoms with Crippen molar-refractivity contribution >= 4 is 5.97 Å². The maximum Gasteiger partial charge on any atom is 0.373 e. The Morgan fingerprint density at radius 1 is 0.818 bits per heavy atom. The van der Waals surface area contributed by atoms with E-state index < -0.39 is 5.97 Å². The molecule has 0 saturated carbocycles. The number of carbonyl (C=O) groups excluding carboxylic acids is 1. The van der Waals surface area contributed by atoms with Crippen LogP contribution < -0.4 is 0 Å². The number of ether oxygens (including phenoxy) is 1. The van der Waals surface area contributed by atoms with Crippen LogP contribution in [0, 0.1) is 34.6 Å². The predicted octanol–water partition coefficient (Wildman–Crippen LogP) is 4.13. The van der Waals surface area contributed by atoms with Crippen molar-refractivity contribution in [1.82, 2.24) is 0 Å². The van der Waals surface area contributed by atoms with Crippen LogP contribution in [-0.2, 0) is 14.5 Å². The zero-order valence-electron chi connectivity index (χ0n) is 14.7. The molecule has 4 heteroatoms. The number of unbranched alkanes of at least 4 members (excludes halogenated alkanes) is 1. The van der Waals surface area contributed by atoms with Gasteiger partial charge >= 0.3 is 5.97 Å².